The van der Waals surface area contributed by atoms with Crippen LogP contribution in [0.25, 0.3) is 0 Å². The van der Waals surface area contributed by atoms with Gasteiger partial charge in [0, 0.05) is 50.5 Å². The number of piperazine rings is 1. The molecule has 1 saturated heterocycles. The number of aromatic nitrogens is 3. The molecule has 1 aliphatic rings. The van der Waals surface area contributed by atoms with E-state index in [9.17, 15) is 13.2 Å². The molecule has 27 heavy (non-hydrogen) atoms. The van der Waals surface area contributed by atoms with Crippen LogP contribution in [0.15, 0.2) is 28.8 Å². The maximum absolute atomic E-state index is 12.7. The molecule has 0 aliphatic carbocycles. The normalized spacial score (nSPS) is 15.9. The van der Waals surface area contributed by atoms with Gasteiger partial charge in [0.25, 0.3) is 0 Å². The number of halogens is 3. The van der Waals surface area contributed by atoms with Gasteiger partial charge in [-0.2, -0.15) is 13.2 Å². The van der Waals surface area contributed by atoms with Crippen LogP contribution in [0.2, 0.25) is 0 Å². The van der Waals surface area contributed by atoms with Crippen LogP contribution in [0.5, 0.6) is 0 Å². The molecular formula is C16H20F3N7S. The fraction of sp³-hybridized carbons (Fsp3) is 0.500. The van der Waals surface area contributed by atoms with Gasteiger partial charge in [0.2, 0.25) is 5.95 Å². The topological polar surface area (TPSA) is 69.5 Å². The SMILES string of the molecule is CCNC(=NCc1nc(C(F)(F)F)cs1)N1CCN(c2ncccn2)CC1. The number of aliphatic imine (C=N–C) groups is 1. The molecule has 2 aromatic rings. The number of hydrogen-bond donors (Lipinski definition) is 1. The lowest BCUT2D eigenvalue weighted by Crippen LogP contribution is -2.52. The van der Waals surface area contributed by atoms with E-state index in [1.807, 2.05) is 6.92 Å². The zero-order valence-electron chi connectivity index (χ0n) is 14.8. The molecule has 0 unspecified atom stereocenters. The minimum Gasteiger partial charge on any atom is -0.357 e. The summed E-state index contributed by atoms with van der Waals surface area (Å²) in [7, 11) is 0. The van der Waals surface area contributed by atoms with Crippen LogP contribution < -0.4 is 10.2 Å². The molecule has 1 fully saturated rings. The molecular weight excluding hydrogens is 379 g/mol. The number of rotatable bonds is 4. The summed E-state index contributed by atoms with van der Waals surface area (Å²) >= 11 is 0.972. The number of guanidine groups is 1. The van der Waals surface area contributed by atoms with Crippen molar-refractivity contribution in [3.63, 3.8) is 0 Å². The van der Waals surface area contributed by atoms with E-state index in [1.54, 1.807) is 18.5 Å². The summed E-state index contributed by atoms with van der Waals surface area (Å²) in [5.74, 6) is 1.37. The van der Waals surface area contributed by atoms with Gasteiger partial charge in [-0.25, -0.2) is 19.9 Å². The molecule has 1 N–H and O–H groups in total. The van der Waals surface area contributed by atoms with Crippen LogP contribution in [0.1, 0.15) is 17.6 Å². The van der Waals surface area contributed by atoms with Gasteiger partial charge >= 0.3 is 6.18 Å². The van der Waals surface area contributed by atoms with Gasteiger partial charge in [0.05, 0.1) is 6.54 Å². The van der Waals surface area contributed by atoms with E-state index in [-0.39, 0.29) is 6.54 Å². The first kappa shape index (κ1) is 19.3. The van der Waals surface area contributed by atoms with E-state index < -0.39 is 11.9 Å². The number of alkyl halides is 3. The first-order valence-electron chi connectivity index (χ1n) is 8.54. The summed E-state index contributed by atoms with van der Waals surface area (Å²) in [6.45, 7) is 5.66. The molecule has 0 radical (unpaired) electrons. The third kappa shape index (κ3) is 5.06. The fourth-order valence-electron chi connectivity index (χ4n) is 2.65. The van der Waals surface area contributed by atoms with Crippen molar-refractivity contribution in [2.24, 2.45) is 4.99 Å². The molecule has 2 aromatic heterocycles. The van der Waals surface area contributed by atoms with E-state index in [0.29, 0.717) is 23.5 Å². The van der Waals surface area contributed by atoms with Crippen molar-refractivity contribution in [1.29, 1.82) is 0 Å². The molecule has 7 nitrogen and oxygen atoms in total. The third-order valence-electron chi connectivity index (χ3n) is 3.96. The molecule has 3 heterocycles. The monoisotopic (exact) mass is 399 g/mol. The van der Waals surface area contributed by atoms with Crippen molar-refractivity contribution < 1.29 is 13.2 Å². The smallest absolute Gasteiger partial charge is 0.357 e. The van der Waals surface area contributed by atoms with Crippen LogP contribution in [-0.4, -0.2) is 58.5 Å². The van der Waals surface area contributed by atoms with Crippen molar-refractivity contribution in [3.05, 3.63) is 34.5 Å². The van der Waals surface area contributed by atoms with Crippen molar-refractivity contribution in [3.8, 4) is 0 Å². The molecule has 0 bridgehead atoms. The molecule has 0 atom stereocenters. The summed E-state index contributed by atoms with van der Waals surface area (Å²) in [6.07, 6.45) is -0.994. The number of anilines is 1. The van der Waals surface area contributed by atoms with Crippen LogP contribution in [-0.2, 0) is 12.7 Å². The largest absolute Gasteiger partial charge is 0.434 e. The molecule has 3 rings (SSSR count). The first-order valence-corrected chi connectivity index (χ1v) is 9.42. The Hall–Kier alpha value is -2.43. The van der Waals surface area contributed by atoms with Gasteiger partial charge in [-0.3, -0.25) is 0 Å². The second kappa shape index (κ2) is 8.51. The van der Waals surface area contributed by atoms with Crippen molar-refractivity contribution in [2.45, 2.75) is 19.6 Å². The Bertz CT molecular complexity index is 755. The Kier molecular flexibility index (Phi) is 6.09. The minimum absolute atomic E-state index is 0.116. The highest BCUT2D eigenvalue weighted by Crippen LogP contribution is 2.30. The molecule has 0 saturated carbocycles. The molecule has 0 amide bonds. The Morgan fingerprint density at radius 2 is 1.93 bits per heavy atom. The number of thiazole rings is 1. The van der Waals surface area contributed by atoms with E-state index in [1.165, 1.54) is 0 Å². The Morgan fingerprint density at radius 3 is 2.52 bits per heavy atom. The van der Waals surface area contributed by atoms with E-state index in [2.05, 4.69) is 35.1 Å². The van der Waals surface area contributed by atoms with Crippen molar-refractivity contribution >= 4 is 23.2 Å². The van der Waals surface area contributed by atoms with Crippen molar-refractivity contribution in [1.82, 2.24) is 25.2 Å². The fourth-order valence-corrected chi connectivity index (χ4v) is 3.38. The molecule has 0 aromatic carbocycles. The van der Waals surface area contributed by atoms with E-state index in [0.717, 1.165) is 42.9 Å². The number of hydrogen-bond acceptors (Lipinski definition) is 6. The highest BCUT2D eigenvalue weighted by Gasteiger charge is 2.33. The quantitative estimate of drug-likeness (QED) is 0.628. The Labute approximate surface area is 159 Å². The van der Waals surface area contributed by atoms with Gasteiger partial charge in [-0.1, -0.05) is 0 Å². The van der Waals surface area contributed by atoms with Crippen LogP contribution in [0.3, 0.4) is 0 Å². The summed E-state index contributed by atoms with van der Waals surface area (Å²) in [6, 6.07) is 1.78. The lowest BCUT2D eigenvalue weighted by molar-refractivity contribution is -0.140. The Morgan fingerprint density at radius 1 is 1.22 bits per heavy atom. The number of nitrogens with one attached hydrogen (secondary N) is 1. The summed E-state index contributed by atoms with van der Waals surface area (Å²) < 4.78 is 38.0. The second-order valence-electron chi connectivity index (χ2n) is 5.82. The van der Waals surface area contributed by atoms with Crippen molar-refractivity contribution in [2.75, 3.05) is 37.6 Å². The molecule has 11 heteroatoms. The third-order valence-corrected chi connectivity index (χ3v) is 4.79. The lowest BCUT2D eigenvalue weighted by Gasteiger charge is -2.36. The summed E-state index contributed by atoms with van der Waals surface area (Å²) in [4.78, 5) is 20.8. The second-order valence-corrected chi connectivity index (χ2v) is 6.76. The number of nitrogens with zero attached hydrogens (tertiary/aromatic N) is 6. The minimum atomic E-state index is -4.42. The average molecular weight is 399 g/mol. The predicted octanol–water partition coefficient (Wildman–Crippen LogP) is 2.24. The lowest BCUT2D eigenvalue weighted by atomic mass is 10.3. The summed E-state index contributed by atoms with van der Waals surface area (Å²) in [5.41, 5.74) is -0.862. The van der Waals surface area contributed by atoms with Gasteiger partial charge < -0.3 is 15.1 Å². The Balaban J connectivity index is 1.62. The highest BCUT2D eigenvalue weighted by molar-refractivity contribution is 7.09. The van der Waals surface area contributed by atoms with E-state index in [4.69, 9.17) is 0 Å². The van der Waals surface area contributed by atoms with Gasteiger partial charge in [0.15, 0.2) is 11.7 Å². The summed E-state index contributed by atoms with van der Waals surface area (Å²) in [5, 5.41) is 4.56. The standard InChI is InChI=1S/C16H20F3N7S/c1-2-20-14(23-10-13-24-12(11-27-13)16(17,18)19)25-6-8-26(9-7-25)15-21-4-3-5-22-15/h3-5,11H,2,6-10H2,1H3,(H,20,23). The van der Waals surface area contributed by atoms with Crippen LogP contribution >= 0.6 is 11.3 Å². The van der Waals surface area contributed by atoms with Gasteiger partial charge in [-0.15, -0.1) is 11.3 Å². The molecule has 146 valence electrons. The maximum Gasteiger partial charge on any atom is 0.434 e. The van der Waals surface area contributed by atoms with Crippen LogP contribution in [0, 0.1) is 0 Å². The first-order chi connectivity index (χ1) is 13.0. The molecule has 1 aliphatic heterocycles. The zero-order chi connectivity index (χ0) is 19.3. The average Bonchev–Trinajstić information content (AvgIpc) is 3.16. The van der Waals surface area contributed by atoms with Gasteiger partial charge in [-0.05, 0) is 13.0 Å². The van der Waals surface area contributed by atoms with E-state index >= 15 is 0 Å². The maximum atomic E-state index is 12.7. The zero-order valence-corrected chi connectivity index (χ0v) is 15.6. The predicted molar refractivity (Wildman–Crippen MR) is 97.7 cm³/mol. The van der Waals surface area contributed by atoms with Crippen LogP contribution in [0.4, 0.5) is 19.1 Å². The van der Waals surface area contributed by atoms with Gasteiger partial charge in [0.1, 0.15) is 5.01 Å². The highest BCUT2D eigenvalue weighted by atomic mass is 32.1. The molecule has 0 spiro atoms.